The first-order valence-corrected chi connectivity index (χ1v) is 10.8. The highest BCUT2D eigenvalue weighted by Crippen LogP contribution is 2.17. The summed E-state index contributed by atoms with van der Waals surface area (Å²) in [6.45, 7) is 10.2. The molecule has 0 aromatic heterocycles. The second kappa shape index (κ2) is 10.6. The van der Waals surface area contributed by atoms with Crippen molar-refractivity contribution in [3.63, 3.8) is 0 Å². The first-order valence-electron chi connectivity index (χ1n) is 10.8. The summed E-state index contributed by atoms with van der Waals surface area (Å²) in [4.78, 5) is 16.4. The monoisotopic (exact) mass is 410 g/mol. The molecular weight excluding hydrogens is 376 g/mol. The summed E-state index contributed by atoms with van der Waals surface area (Å²) in [5.41, 5.74) is 2.13. The van der Waals surface area contributed by atoms with E-state index in [0.29, 0.717) is 19.7 Å². The second-order valence-corrected chi connectivity index (χ2v) is 8.89. The predicted octanol–water partition coefficient (Wildman–Crippen LogP) is 4.71. The molecule has 0 bridgehead atoms. The molecule has 5 nitrogen and oxygen atoms in total. The predicted molar refractivity (Wildman–Crippen MR) is 119 cm³/mol. The van der Waals surface area contributed by atoms with Crippen LogP contribution in [0.15, 0.2) is 60.7 Å². The van der Waals surface area contributed by atoms with E-state index < -0.39 is 5.60 Å². The van der Waals surface area contributed by atoms with Gasteiger partial charge in [-0.05, 0) is 38.3 Å². The summed E-state index contributed by atoms with van der Waals surface area (Å²) < 4.78 is 11.6. The third-order valence-electron chi connectivity index (χ3n) is 5.06. The Morgan fingerprint density at radius 2 is 1.57 bits per heavy atom. The van der Waals surface area contributed by atoms with Crippen molar-refractivity contribution < 1.29 is 14.3 Å². The van der Waals surface area contributed by atoms with Gasteiger partial charge >= 0.3 is 6.09 Å². The van der Waals surface area contributed by atoms with Gasteiger partial charge in [-0.15, -0.1) is 0 Å². The van der Waals surface area contributed by atoms with E-state index in [2.05, 4.69) is 53.4 Å². The lowest BCUT2D eigenvalue weighted by Crippen LogP contribution is -2.36. The van der Waals surface area contributed by atoms with Gasteiger partial charge in [-0.25, -0.2) is 4.79 Å². The van der Waals surface area contributed by atoms with Gasteiger partial charge in [0.25, 0.3) is 0 Å². The fourth-order valence-corrected chi connectivity index (χ4v) is 3.60. The standard InChI is InChI=1S/C25H34N2O3/c1-25(2,3)30-24(28)27-15-14-23(20-27)29-17-16-26(18-21-10-6-4-7-11-21)19-22-12-8-5-9-13-22/h4-13,23H,14-20H2,1-3H3. The number of likely N-dealkylation sites (tertiary alicyclic amines) is 1. The highest BCUT2D eigenvalue weighted by Gasteiger charge is 2.30. The number of amides is 1. The van der Waals surface area contributed by atoms with Crippen LogP contribution in [0.5, 0.6) is 0 Å². The molecule has 5 heteroatoms. The molecule has 0 N–H and O–H groups in total. The number of nitrogens with zero attached hydrogens (tertiary/aromatic N) is 2. The van der Waals surface area contributed by atoms with Crippen LogP contribution in [-0.2, 0) is 22.6 Å². The summed E-state index contributed by atoms with van der Waals surface area (Å²) in [6, 6.07) is 21.1. The van der Waals surface area contributed by atoms with Crippen LogP contribution in [0.1, 0.15) is 38.3 Å². The van der Waals surface area contributed by atoms with Gasteiger partial charge in [-0.1, -0.05) is 60.7 Å². The lowest BCUT2D eigenvalue weighted by molar-refractivity contribution is 0.0174. The van der Waals surface area contributed by atoms with E-state index in [-0.39, 0.29) is 12.2 Å². The second-order valence-electron chi connectivity index (χ2n) is 8.89. The van der Waals surface area contributed by atoms with E-state index >= 15 is 0 Å². The van der Waals surface area contributed by atoms with E-state index in [1.165, 1.54) is 11.1 Å². The summed E-state index contributed by atoms with van der Waals surface area (Å²) in [6.07, 6.45) is 0.688. The molecule has 2 aromatic carbocycles. The maximum atomic E-state index is 12.2. The SMILES string of the molecule is CC(C)(C)OC(=O)N1CCC(OCCN(Cc2ccccc2)Cc2ccccc2)C1. The average Bonchev–Trinajstić information content (AvgIpc) is 3.17. The molecule has 1 heterocycles. The Bertz CT molecular complexity index is 732. The van der Waals surface area contributed by atoms with Crippen LogP contribution < -0.4 is 0 Å². The van der Waals surface area contributed by atoms with Gasteiger partial charge in [0.05, 0.1) is 19.3 Å². The summed E-state index contributed by atoms with van der Waals surface area (Å²) in [7, 11) is 0. The van der Waals surface area contributed by atoms with Gasteiger partial charge in [-0.3, -0.25) is 4.90 Å². The fraction of sp³-hybridized carbons (Fsp3) is 0.480. The van der Waals surface area contributed by atoms with Gasteiger partial charge in [0.1, 0.15) is 5.60 Å². The molecule has 1 aliphatic heterocycles. The molecule has 1 unspecified atom stereocenters. The molecule has 162 valence electrons. The number of hydrogen-bond donors (Lipinski definition) is 0. The summed E-state index contributed by atoms with van der Waals surface area (Å²) in [5, 5.41) is 0. The molecule has 0 spiro atoms. The maximum absolute atomic E-state index is 12.2. The molecule has 30 heavy (non-hydrogen) atoms. The minimum atomic E-state index is -0.467. The van der Waals surface area contributed by atoms with Crippen molar-refractivity contribution in [3.05, 3.63) is 71.8 Å². The van der Waals surface area contributed by atoms with Crippen molar-refractivity contribution in [2.24, 2.45) is 0 Å². The van der Waals surface area contributed by atoms with E-state index in [9.17, 15) is 4.79 Å². The van der Waals surface area contributed by atoms with Crippen LogP contribution in [0.4, 0.5) is 4.79 Å². The lowest BCUT2D eigenvalue weighted by atomic mass is 10.1. The molecule has 0 aliphatic carbocycles. The highest BCUT2D eigenvalue weighted by atomic mass is 16.6. The van der Waals surface area contributed by atoms with Crippen molar-refractivity contribution in [2.45, 2.75) is 52.0 Å². The molecule has 0 radical (unpaired) electrons. The van der Waals surface area contributed by atoms with E-state index in [1.54, 1.807) is 4.90 Å². The Balaban J connectivity index is 1.48. The largest absolute Gasteiger partial charge is 0.444 e. The van der Waals surface area contributed by atoms with E-state index in [1.807, 2.05) is 32.9 Å². The highest BCUT2D eigenvalue weighted by molar-refractivity contribution is 5.68. The van der Waals surface area contributed by atoms with Crippen molar-refractivity contribution in [1.82, 2.24) is 9.80 Å². The summed E-state index contributed by atoms with van der Waals surface area (Å²) >= 11 is 0. The molecule has 1 fully saturated rings. The zero-order valence-corrected chi connectivity index (χ0v) is 18.4. The minimum absolute atomic E-state index is 0.0767. The van der Waals surface area contributed by atoms with E-state index in [0.717, 1.165) is 26.1 Å². The quantitative estimate of drug-likeness (QED) is 0.632. The van der Waals surface area contributed by atoms with Gasteiger partial charge in [0, 0.05) is 26.2 Å². The third kappa shape index (κ3) is 7.47. The van der Waals surface area contributed by atoms with Crippen molar-refractivity contribution in [3.8, 4) is 0 Å². The molecule has 1 atom stereocenters. The van der Waals surface area contributed by atoms with Gasteiger partial charge in [0.2, 0.25) is 0 Å². The minimum Gasteiger partial charge on any atom is -0.444 e. The van der Waals surface area contributed by atoms with E-state index in [4.69, 9.17) is 9.47 Å². The molecule has 1 saturated heterocycles. The van der Waals surface area contributed by atoms with Crippen molar-refractivity contribution >= 4 is 6.09 Å². The summed E-state index contributed by atoms with van der Waals surface area (Å²) in [5.74, 6) is 0. The first-order chi connectivity index (χ1) is 14.4. The first kappa shape index (κ1) is 22.3. The maximum Gasteiger partial charge on any atom is 0.410 e. The van der Waals surface area contributed by atoms with Crippen LogP contribution in [0, 0.1) is 0 Å². The van der Waals surface area contributed by atoms with Crippen LogP contribution in [0.3, 0.4) is 0 Å². The Morgan fingerprint density at radius 3 is 2.10 bits per heavy atom. The Kier molecular flexibility index (Phi) is 7.88. The van der Waals surface area contributed by atoms with Crippen molar-refractivity contribution in [1.29, 1.82) is 0 Å². The van der Waals surface area contributed by atoms with Crippen LogP contribution in [0.25, 0.3) is 0 Å². The van der Waals surface area contributed by atoms with Crippen LogP contribution in [-0.4, -0.2) is 53.8 Å². The number of rotatable bonds is 8. The molecular formula is C25H34N2O3. The number of ether oxygens (including phenoxy) is 2. The zero-order valence-electron chi connectivity index (χ0n) is 18.4. The lowest BCUT2D eigenvalue weighted by Gasteiger charge is -2.25. The normalized spacial score (nSPS) is 16.8. The van der Waals surface area contributed by atoms with Gasteiger partial charge < -0.3 is 14.4 Å². The van der Waals surface area contributed by atoms with Gasteiger partial charge in [-0.2, -0.15) is 0 Å². The number of hydrogen-bond acceptors (Lipinski definition) is 4. The number of benzene rings is 2. The van der Waals surface area contributed by atoms with Gasteiger partial charge in [0.15, 0.2) is 0 Å². The van der Waals surface area contributed by atoms with Crippen LogP contribution >= 0.6 is 0 Å². The Morgan fingerprint density at radius 1 is 1.00 bits per heavy atom. The molecule has 0 saturated carbocycles. The third-order valence-corrected chi connectivity index (χ3v) is 5.06. The fourth-order valence-electron chi connectivity index (χ4n) is 3.60. The number of carbonyl (C=O) groups is 1. The molecule has 2 aromatic rings. The topological polar surface area (TPSA) is 42.0 Å². The smallest absolute Gasteiger partial charge is 0.410 e. The Labute approximate surface area is 180 Å². The van der Waals surface area contributed by atoms with Crippen LogP contribution in [0.2, 0.25) is 0 Å². The van der Waals surface area contributed by atoms with Crippen molar-refractivity contribution in [2.75, 3.05) is 26.2 Å². The number of carbonyl (C=O) groups excluding carboxylic acids is 1. The molecule has 1 amide bonds. The Hall–Kier alpha value is -2.37. The zero-order chi connectivity index (χ0) is 21.4. The average molecular weight is 411 g/mol. The molecule has 3 rings (SSSR count). The molecule has 1 aliphatic rings.